The highest BCUT2D eigenvalue weighted by Gasteiger charge is 2.36. The SMILES string of the molecule is CCN(C(=O)COC(=O)c1cccc(S(=O)(=O)N2c3ccccc3C[C@H]2C)c1)c1ccccc1. The first-order valence-corrected chi connectivity index (χ1v) is 12.5. The van der Waals surface area contributed by atoms with Crippen LogP contribution in [0, 0.1) is 0 Å². The van der Waals surface area contributed by atoms with E-state index >= 15 is 0 Å². The van der Waals surface area contributed by atoms with Crippen molar-refractivity contribution in [3.63, 3.8) is 0 Å². The van der Waals surface area contributed by atoms with Crippen LogP contribution in [-0.2, 0) is 26.0 Å². The van der Waals surface area contributed by atoms with Gasteiger partial charge in [0.25, 0.3) is 15.9 Å². The number of ether oxygens (including phenoxy) is 1. The van der Waals surface area contributed by atoms with Crippen LogP contribution in [0.2, 0.25) is 0 Å². The molecule has 4 rings (SSSR count). The normalized spacial score (nSPS) is 15.0. The van der Waals surface area contributed by atoms with E-state index in [-0.39, 0.29) is 22.4 Å². The molecule has 1 aliphatic rings. The van der Waals surface area contributed by atoms with Crippen molar-refractivity contribution in [2.45, 2.75) is 31.2 Å². The molecular weight excluding hydrogens is 452 g/mol. The summed E-state index contributed by atoms with van der Waals surface area (Å²) in [5, 5.41) is 0. The maximum absolute atomic E-state index is 13.4. The number of fused-ring (bicyclic) bond motifs is 1. The highest BCUT2D eigenvalue weighted by Crippen LogP contribution is 2.36. The summed E-state index contributed by atoms with van der Waals surface area (Å²) in [6.45, 7) is 3.66. The van der Waals surface area contributed by atoms with Crippen molar-refractivity contribution in [1.29, 1.82) is 0 Å². The van der Waals surface area contributed by atoms with E-state index in [1.807, 2.05) is 44.2 Å². The van der Waals surface area contributed by atoms with Gasteiger partial charge in [0.2, 0.25) is 0 Å². The van der Waals surface area contributed by atoms with Gasteiger partial charge < -0.3 is 9.64 Å². The number of likely N-dealkylation sites (N-methyl/N-ethyl adjacent to an activating group) is 1. The molecule has 176 valence electrons. The smallest absolute Gasteiger partial charge is 0.338 e. The molecule has 0 saturated carbocycles. The van der Waals surface area contributed by atoms with Crippen molar-refractivity contribution in [3.05, 3.63) is 90.0 Å². The predicted octanol–water partition coefficient (Wildman–Crippen LogP) is 4.04. The van der Waals surface area contributed by atoms with Gasteiger partial charge in [0.1, 0.15) is 0 Å². The van der Waals surface area contributed by atoms with Gasteiger partial charge in [0, 0.05) is 18.3 Å². The van der Waals surface area contributed by atoms with Gasteiger partial charge in [-0.3, -0.25) is 9.10 Å². The van der Waals surface area contributed by atoms with Gasteiger partial charge in [0.05, 0.1) is 16.1 Å². The van der Waals surface area contributed by atoms with Gasteiger partial charge in [-0.05, 0) is 62.2 Å². The minimum atomic E-state index is -3.89. The van der Waals surface area contributed by atoms with Gasteiger partial charge in [-0.15, -0.1) is 0 Å². The van der Waals surface area contributed by atoms with Gasteiger partial charge in [0.15, 0.2) is 6.61 Å². The summed E-state index contributed by atoms with van der Waals surface area (Å²) in [4.78, 5) is 26.8. The fourth-order valence-electron chi connectivity index (χ4n) is 4.20. The molecule has 1 amide bonds. The van der Waals surface area contributed by atoms with E-state index in [1.54, 1.807) is 24.3 Å². The Morgan fingerprint density at radius 3 is 2.44 bits per heavy atom. The molecule has 0 fully saturated rings. The average Bonchev–Trinajstić information content (AvgIpc) is 3.20. The molecule has 3 aromatic rings. The Morgan fingerprint density at radius 2 is 1.71 bits per heavy atom. The number of amides is 1. The molecule has 0 radical (unpaired) electrons. The lowest BCUT2D eigenvalue weighted by Crippen LogP contribution is -2.36. The zero-order valence-corrected chi connectivity index (χ0v) is 19.9. The minimum absolute atomic E-state index is 0.00343. The van der Waals surface area contributed by atoms with Gasteiger partial charge in [-0.25, -0.2) is 13.2 Å². The minimum Gasteiger partial charge on any atom is -0.452 e. The van der Waals surface area contributed by atoms with Crippen LogP contribution in [0.1, 0.15) is 29.8 Å². The number of carbonyl (C=O) groups excluding carboxylic acids is 2. The van der Waals surface area contributed by atoms with Crippen LogP contribution in [0.15, 0.2) is 83.8 Å². The molecule has 3 aromatic carbocycles. The number of anilines is 2. The monoisotopic (exact) mass is 478 g/mol. The molecule has 0 aromatic heterocycles. The van der Waals surface area contributed by atoms with Crippen LogP contribution in [0.4, 0.5) is 11.4 Å². The average molecular weight is 479 g/mol. The summed E-state index contributed by atoms with van der Waals surface area (Å²) in [5.41, 5.74) is 2.39. The van der Waals surface area contributed by atoms with E-state index in [0.717, 1.165) is 5.56 Å². The molecule has 34 heavy (non-hydrogen) atoms. The van der Waals surface area contributed by atoms with Crippen LogP contribution in [-0.4, -0.2) is 39.5 Å². The molecule has 1 heterocycles. The van der Waals surface area contributed by atoms with Crippen LogP contribution >= 0.6 is 0 Å². The molecule has 0 spiro atoms. The highest BCUT2D eigenvalue weighted by atomic mass is 32.2. The number of para-hydroxylation sites is 2. The molecule has 0 bridgehead atoms. The Balaban J connectivity index is 1.50. The van der Waals surface area contributed by atoms with Crippen molar-refractivity contribution in [2.75, 3.05) is 22.4 Å². The lowest BCUT2D eigenvalue weighted by Gasteiger charge is -2.24. The number of nitrogens with zero attached hydrogens (tertiary/aromatic N) is 2. The molecule has 0 unspecified atom stereocenters. The van der Waals surface area contributed by atoms with Gasteiger partial charge >= 0.3 is 5.97 Å². The zero-order chi connectivity index (χ0) is 24.3. The molecule has 1 atom stereocenters. The van der Waals surface area contributed by atoms with Crippen LogP contribution in [0.3, 0.4) is 0 Å². The van der Waals surface area contributed by atoms with Crippen LogP contribution < -0.4 is 9.21 Å². The summed E-state index contributed by atoms with van der Waals surface area (Å²) in [5.74, 6) is -1.13. The Labute approximate surface area is 199 Å². The zero-order valence-electron chi connectivity index (χ0n) is 19.0. The molecule has 8 heteroatoms. The van der Waals surface area contributed by atoms with Gasteiger partial charge in [-0.1, -0.05) is 42.5 Å². The summed E-state index contributed by atoms with van der Waals surface area (Å²) < 4.78 is 33.5. The standard InChI is InChI=1S/C26H26N2O5S/c1-3-27(22-12-5-4-6-13-22)25(29)18-33-26(30)21-11-9-14-23(17-21)34(31,32)28-19(2)16-20-10-7-8-15-24(20)28/h4-15,17,19H,3,16,18H2,1-2H3/t19-/m1/s1. The van der Waals surface area contributed by atoms with Crippen molar-refractivity contribution >= 4 is 33.3 Å². The van der Waals surface area contributed by atoms with Crippen LogP contribution in [0.5, 0.6) is 0 Å². The number of hydrogen-bond donors (Lipinski definition) is 0. The van der Waals surface area contributed by atoms with E-state index in [0.29, 0.717) is 24.3 Å². The summed E-state index contributed by atoms with van der Waals surface area (Å²) in [6, 6.07) is 22.0. The molecule has 0 saturated heterocycles. The summed E-state index contributed by atoms with van der Waals surface area (Å²) in [7, 11) is -3.89. The second kappa shape index (κ2) is 9.69. The van der Waals surface area contributed by atoms with Crippen LogP contribution in [0.25, 0.3) is 0 Å². The van der Waals surface area contributed by atoms with Crippen molar-refractivity contribution in [2.24, 2.45) is 0 Å². The van der Waals surface area contributed by atoms with E-state index in [1.165, 1.54) is 33.5 Å². The second-order valence-electron chi connectivity index (χ2n) is 8.06. The lowest BCUT2D eigenvalue weighted by molar-refractivity contribution is -0.121. The lowest BCUT2D eigenvalue weighted by atomic mass is 10.1. The van der Waals surface area contributed by atoms with E-state index in [2.05, 4.69) is 0 Å². The number of carbonyl (C=O) groups is 2. The van der Waals surface area contributed by atoms with Crippen molar-refractivity contribution < 1.29 is 22.7 Å². The number of esters is 1. The maximum Gasteiger partial charge on any atom is 0.338 e. The molecular formula is C26H26N2O5S. The molecule has 1 aliphatic heterocycles. The fraction of sp³-hybridized carbons (Fsp3) is 0.231. The third kappa shape index (κ3) is 4.54. The first-order valence-electron chi connectivity index (χ1n) is 11.1. The topological polar surface area (TPSA) is 84.0 Å². The third-order valence-corrected chi connectivity index (χ3v) is 7.71. The fourth-order valence-corrected chi connectivity index (χ4v) is 5.94. The summed E-state index contributed by atoms with van der Waals surface area (Å²) in [6.07, 6.45) is 0.620. The second-order valence-corrected chi connectivity index (χ2v) is 9.88. The predicted molar refractivity (Wildman–Crippen MR) is 130 cm³/mol. The number of benzene rings is 3. The Hall–Kier alpha value is -3.65. The quantitative estimate of drug-likeness (QED) is 0.479. The largest absolute Gasteiger partial charge is 0.452 e. The molecule has 0 N–H and O–H groups in total. The highest BCUT2D eigenvalue weighted by molar-refractivity contribution is 7.92. The van der Waals surface area contributed by atoms with E-state index < -0.39 is 22.6 Å². The number of sulfonamides is 1. The van der Waals surface area contributed by atoms with Crippen molar-refractivity contribution in [1.82, 2.24) is 0 Å². The Bertz CT molecular complexity index is 1310. The number of rotatable bonds is 7. The summed E-state index contributed by atoms with van der Waals surface area (Å²) >= 11 is 0. The van der Waals surface area contributed by atoms with Crippen molar-refractivity contribution in [3.8, 4) is 0 Å². The van der Waals surface area contributed by atoms with E-state index in [4.69, 9.17) is 4.74 Å². The Kier molecular flexibility index (Phi) is 6.70. The maximum atomic E-state index is 13.4. The number of hydrogen-bond acceptors (Lipinski definition) is 5. The third-order valence-electron chi connectivity index (χ3n) is 5.78. The van der Waals surface area contributed by atoms with Gasteiger partial charge in [-0.2, -0.15) is 0 Å². The first kappa shape index (κ1) is 23.5. The first-order chi connectivity index (χ1) is 16.3. The Morgan fingerprint density at radius 1 is 1.00 bits per heavy atom. The molecule has 0 aliphatic carbocycles. The molecule has 7 nitrogen and oxygen atoms in total. The van der Waals surface area contributed by atoms with E-state index in [9.17, 15) is 18.0 Å².